The normalized spacial score (nSPS) is 12.4. The van der Waals surface area contributed by atoms with Gasteiger partial charge in [0.2, 0.25) is 0 Å². The molecule has 156 valence electrons. The first-order chi connectivity index (χ1) is 15.0. The van der Waals surface area contributed by atoms with Gasteiger partial charge in [0.25, 0.3) is 0 Å². The SMILES string of the molecule is CC(=O)c1cc(C=CCNC(=O)OCC2c3ccccc3-c3ccccc32)ccc1O. The van der Waals surface area contributed by atoms with E-state index in [2.05, 4.69) is 29.6 Å². The van der Waals surface area contributed by atoms with E-state index in [4.69, 9.17) is 4.74 Å². The molecule has 1 amide bonds. The number of alkyl carbamates (subject to hydrolysis) is 1. The number of nitrogens with one attached hydrogen (secondary N) is 1. The van der Waals surface area contributed by atoms with Crippen LogP contribution >= 0.6 is 0 Å². The number of hydrogen-bond donors (Lipinski definition) is 2. The molecule has 1 aliphatic carbocycles. The summed E-state index contributed by atoms with van der Waals surface area (Å²) in [7, 11) is 0. The van der Waals surface area contributed by atoms with E-state index in [-0.39, 0.29) is 36.2 Å². The number of carbonyl (C=O) groups excluding carboxylic acids is 2. The number of rotatable bonds is 6. The minimum absolute atomic E-state index is 0.0238. The number of fused-ring (bicyclic) bond motifs is 3. The van der Waals surface area contributed by atoms with E-state index in [0.717, 1.165) is 5.56 Å². The van der Waals surface area contributed by atoms with Gasteiger partial charge in [-0.25, -0.2) is 4.79 Å². The van der Waals surface area contributed by atoms with Crippen LogP contribution in [-0.2, 0) is 4.74 Å². The van der Waals surface area contributed by atoms with Crippen molar-refractivity contribution in [3.63, 3.8) is 0 Å². The zero-order chi connectivity index (χ0) is 21.8. The molecule has 0 saturated carbocycles. The fraction of sp³-hybridized carbons (Fsp3) is 0.154. The van der Waals surface area contributed by atoms with E-state index >= 15 is 0 Å². The molecule has 0 bridgehead atoms. The van der Waals surface area contributed by atoms with Crippen LogP contribution in [0.3, 0.4) is 0 Å². The summed E-state index contributed by atoms with van der Waals surface area (Å²) in [6, 6.07) is 21.2. The topological polar surface area (TPSA) is 75.6 Å². The molecule has 4 rings (SSSR count). The fourth-order valence-corrected chi connectivity index (χ4v) is 3.93. The molecular formula is C26H23NO4. The van der Waals surface area contributed by atoms with Gasteiger partial charge in [-0.05, 0) is 46.9 Å². The van der Waals surface area contributed by atoms with Gasteiger partial charge in [0.15, 0.2) is 5.78 Å². The van der Waals surface area contributed by atoms with Gasteiger partial charge in [-0.15, -0.1) is 0 Å². The lowest BCUT2D eigenvalue weighted by molar-refractivity contribution is 0.101. The molecule has 1 aliphatic rings. The lowest BCUT2D eigenvalue weighted by Gasteiger charge is -2.14. The summed E-state index contributed by atoms with van der Waals surface area (Å²) >= 11 is 0. The molecule has 0 spiro atoms. The maximum atomic E-state index is 12.2. The third kappa shape index (κ3) is 4.36. The van der Waals surface area contributed by atoms with E-state index < -0.39 is 6.09 Å². The van der Waals surface area contributed by atoms with Crippen LogP contribution in [0.5, 0.6) is 5.75 Å². The fourth-order valence-electron chi connectivity index (χ4n) is 3.93. The first kappa shape index (κ1) is 20.4. The average Bonchev–Trinajstić information content (AvgIpc) is 3.10. The highest BCUT2D eigenvalue weighted by molar-refractivity contribution is 5.97. The Morgan fingerprint density at radius 2 is 1.65 bits per heavy atom. The van der Waals surface area contributed by atoms with Crippen molar-refractivity contribution in [3.8, 4) is 16.9 Å². The van der Waals surface area contributed by atoms with Gasteiger partial charge in [-0.3, -0.25) is 4.79 Å². The van der Waals surface area contributed by atoms with Crippen LogP contribution in [0.15, 0.2) is 72.8 Å². The smallest absolute Gasteiger partial charge is 0.407 e. The number of ketones is 1. The quantitative estimate of drug-likeness (QED) is 0.548. The monoisotopic (exact) mass is 413 g/mol. The molecular weight excluding hydrogens is 390 g/mol. The lowest BCUT2D eigenvalue weighted by atomic mass is 9.98. The maximum absolute atomic E-state index is 12.2. The maximum Gasteiger partial charge on any atom is 0.407 e. The Balaban J connectivity index is 1.33. The first-order valence-corrected chi connectivity index (χ1v) is 10.1. The predicted molar refractivity (Wildman–Crippen MR) is 120 cm³/mol. The van der Waals surface area contributed by atoms with Crippen LogP contribution in [0.2, 0.25) is 0 Å². The van der Waals surface area contributed by atoms with Gasteiger partial charge in [0.1, 0.15) is 12.4 Å². The van der Waals surface area contributed by atoms with Crippen molar-refractivity contribution >= 4 is 18.0 Å². The van der Waals surface area contributed by atoms with Gasteiger partial charge in [0, 0.05) is 12.5 Å². The number of Topliss-reactive ketones (excluding diaryl/α,β-unsaturated/α-hetero) is 1. The Morgan fingerprint density at radius 3 is 2.29 bits per heavy atom. The molecule has 31 heavy (non-hydrogen) atoms. The zero-order valence-corrected chi connectivity index (χ0v) is 17.2. The third-order valence-electron chi connectivity index (χ3n) is 5.42. The molecule has 0 unspecified atom stereocenters. The second-order valence-corrected chi connectivity index (χ2v) is 7.44. The Bertz CT molecular complexity index is 1120. The van der Waals surface area contributed by atoms with Crippen LogP contribution in [0.1, 0.15) is 39.9 Å². The van der Waals surface area contributed by atoms with Crippen molar-refractivity contribution in [2.45, 2.75) is 12.8 Å². The predicted octanol–water partition coefficient (Wildman–Crippen LogP) is 5.15. The summed E-state index contributed by atoms with van der Waals surface area (Å²) < 4.78 is 5.50. The number of aromatic hydroxyl groups is 1. The Kier molecular flexibility index (Phi) is 5.85. The van der Waals surface area contributed by atoms with Crippen molar-refractivity contribution in [3.05, 3.63) is 95.1 Å². The van der Waals surface area contributed by atoms with E-state index in [1.54, 1.807) is 24.3 Å². The van der Waals surface area contributed by atoms with Crippen LogP contribution in [-0.4, -0.2) is 30.1 Å². The number of amides is 1. The number of phenolic OH excluding ortho intramolecular Hbond substituents is 1. The molecule has 3 aromatic carbocycles. The van der Waals surface area contributed by atoms with E-state index in [9.17, 15) is 14.7 Å². The van der Waals surface area contributed by atoms with Crippen molar-refractivity contribution < 1.29 is 19.4 Å². The summed E-state index contributed by atoms with van der Waals surface area (Å²) in [4.78, 5) is 23.7. The standard InChI is InChI=1S/C26H23NO4/c1-17(28)23-15-18(12-13-25(23)29)7-6-14-27-26(30)31-16-24-21-10-4-2-8-19(21)20-9-3-5-11-22(20)24/h2-13,15,24,29H,14,16H2,1H3,(H,27,30). The number of carbonyl (C=O) groups is 2. The molecule has 0 fully saturated rings. The first-order valence-electron chi connectivity index (χ1n) is 10.1. The largest absolute Gasteiger partial charge is 0.507 e. The van der Waals surface area contributed by atoms with Gasteiger partial charge >= 0.3 is 6.09 Å². The summed E-state index contributed by atoms with van der Waals surface area (Å²) in [5, 5.41) is 12.4. The van der Waals surface area contributed by atoms with Crippen molar-refractivity contribution in [1.82, 2.24) is 5.32 Å². The van der Waals surface area contributed by atoms with Gasteiger partial charge < -0.3 is 15.2 Å². The second kappa shape index (κ2) is 8.88. The second-order valence-electron chi connectivity index (χ2n) is 7.44. The van der Waals surface area contributed by atoms with E-state index in [0.29, 0.717) is 0 Å². The highest BCUT2D eigenvalue weighted by atomic mass is 16.5. The van der Waals surface area contributed by atoms with Crippen molar-refractivity contribution in [2.75, 3.05) is 13.2 Å². The zero-order valence-electron chi connectivity index (χ0n) is 17.2. The molecule has 0 atom stereocenters. The molecule has 3 aromatic rings. The average molecular weight is 413 g/mol. The number of hydrogen-bond acceptors (Lipinski definition) is 4. The summed E-state index contributed by atoms with van der Waals surface area (Å²) in [5.74, 6) is -0.221. The number of benzene rings is 3. The third-order valence-corrected chi connectivity index (χ3v) is 5.42. The summed E-state index contributed by atoms with van der Waals surface area (Å²) in [6.45, 7) is 1.96. The Labute approximate surface area is 181 Å². The minimum Gasteiger partial charge on any atom is -0.507 e. The Hall–Kier alpha value is -3.86. The van der Waals surface area contributed by atoms with Crippen LogP contribution < -0.4 is 5.32 Å². The molecule has 2 N–H and O–H groups in total. The molecule has 5 nitrogen and oxygen atoms in total. The molecule has 5 heteroatoms. The lowest BCUT2D eigenvalue weighted by Crippen LogP contribution is -2.26. The number of phenols is 1. The van der Waals surface area contributed by atoms with E-state index in [1.165, 1.54) is 35.2 Å². The molecule has 0 aliphatic heterocycles. The van der Waals surface area contributed by atoms with Gasteiger partial charge in [-0.2, -0.15) is 0 Å². The summed E-state index contributed by atoms with van der Waals surface area (Å²) in [6.07, 6.45) is 3.05. The number of ether oxygens (including phenoxy) is 1. The minimum atomic E-state index is -0.485. The highest BCUT2D eigenvalue weighted by Gasteiger charge is 2.28. The Morgan fingerprint density at radius 1 is 1.00 bits per heavy atom. The van der Waals surface area contributed by atoms with Crippen molar-refractivity contribution in [2.24, 2.45) is 0 Å². The summed E-state index contributed by atoms with van der Waals surface area (Å²) in [5.41, 5.74) is 5.75. The van der Waals surface area contributed by atoms with Crippen molar-refractivity contribution in [1.29, 1.82) is 0 Å². The van der Waals surface area contributed by atoms with Crippen LogP contribution in [0.4, 0.5) is 4.79 Å². The molecule has 0 radical (unpaired) electrons. The van der Waals surface area contributed by atoms with E-state index in [1.807, 2.05) is 24.3 Å². The van der Waals surface area contributed by atoms with Gasteiger partial charge in [-0.1, -0.05) is 66.7 Å². The molecule has 0 aromatic heterocycles. The molecule has 0 saturated heterocycles. The highest BCUT2D eigenvalue weighted by Crippen LogP contribution is 2.44. The molecule has 0 heterocycles. The van der Waals surface area contributed by atoms with Crippen LogP contribution in [0.25, 0.3) is 17.2 Å². The van der Waals surface area contributed by atoms with Crippen LogP contribution in [0, 0.1) is 0 Å². The van der Waals surface area contributed by atoms with Gasteiger partial charge in [0.05, 0.1) is 5.56 Å².